The van der Waals surface area contributed by atoms with Crippen LogP contribution in [-0.2, 0) is 4.79 Å². The number of halogens is 3. The largest absolute Gasteiger partial charge is 0.506 e. The van der Waals surface area contributed by atoms with Crippen molar-refractivity contribution in [1.82, 2.24) is 0 Å². The molecule has 0 aliphatic carbocycles. The van der Waals surface area contributed by atoms with E-state index in [4.69, 9.17) is 27.6 Å². The third kappa shape index (κ3) is 3.76. The molecule has 0 spiro atoms. The normalized spacial score (nSPS) is 16.0. The van der Waals surface area contributed by atoms with Crippen molar-refractivity contribution in [2.75, 3.05) is 4.90 Å². The maximum absolute atomic E-state index is 13.6. The minimum absolute atomic E-state index is 0.0303. The fraction of sp³-hybridized carbons (Fsp3) is 0.0400. The minimum atomic E-state index is -1.04. The van der Waals surface area contributed by atoms with Gasteiger partial charge in [-0.1, -0.05) is 51.3 Å². The number of aliphatic hydroxyl groups excluding tert-OH is 1. The summed E-state index contributed by atoms with van der Waals surface area (Å²) in [5.74, 6) is -2.34. The molecule has 0 bridgehead atoms. The number of carbonyl (C=O) groups is 2. The number of amides is 1. The zero-order valence-corrected chi connectivity index (χ0v) is 20.2. The van der Waals surface area contributed by atoms with Crippen LogP contribution < -0.4 is 4.90 Å². The highest BCUT2D eigenvalue weighted by atomic mass is 79.9. The molecule has 2 N–H and O–H groups in total. The summed E-state index contributed by atoms with van der Waals surface area (Å²) in [6, 6.07) is 16.6. The summed E-state index contributed by atoms with van der Waals surface area (Å²) in [6.45, 7) is 0. The van der Waals surface area contributed by atoms with E-state index in [1.54, 1.807) is 48.5 Å². The molecule has 1 aliphatic heterocycles. The van der Waals surface area contributed by atoms with Crippen molar-refractivity contribution in [2.45, 2.75) is 6.04 Å². The molecule has 1 atom stereocenters. The maximum atomic E-state index is 13.6. The van der Waals surface area contributed by atoms with Gasteiger partial charge in [-0.3, -0.25) is 14.5 Å². The van der Waals surface area contributed by atoms with Crippen LogP contribution in [0.5, 0.6) is 5.75 Å². The van der Waals surface area contributed by atoms with Crippen molar-refractivity contribution in [3.05, 3.63) is 104 Å². The quantitative estimate of drug-likeness (QED) is 0.263. The number of anilines is 1. The highest BCUT2D eigenvalue weighted by molar-refractivity contribution is 9.10. The Bertz CT molecular complexity index is 1530. The standard InChI is InChI=1S/C25H14BrCl2NO5/c26-14-5-7-19-13(8-14)10-20(34-19)23(31)21-22(12-4-6-18(30)17(28)9-12)29(25(33)24(21)32)16-3-1-2-15(27)11-16/h1-11,22,30,32H. The van der Waals surface area contributed by atoms with Gasteiger partial charge in [-0.15, -0.1) is 0 Å². The summed E-state index contributed by atoms with van der Waals surface area (Å²) >= 11 is 15.7. The van der Waals surface area contributed by atoms with Crippen molar-refractivity contribution in [3.8, 4) is 5.75 Å². The van der Waals surface area contributed by atoms with E-state index in [1.165, 1.54) is 23.1 Å². The van der Waals surface area contributed by atoms with E-state index in [0.717, 1.165) is 4.47 Å². The first kappa shape index (κ1) is 22.5. The van der Waals surface area contributed by atoms with E-state index < -0.39 is 23.5 Å². The molecule has 4 aromatic rings. The number of nitrogens with zero attached hydrogens (tertiary/aromatic N) is 1. The van der Waals surface area contributed by atoms with Crippen LogP contribution in [0.2, 0.25) is 10.0 Å². The number of phenolic OH excluding ortho intramolecular Hbond substituents is 1. The number of aliphatic hydroxyl groups is 1. The molecule has 0 saturated heterocycles. The number of carbonyl (C=O) groups excluding carboxylic acids is 2. The fourth-order valence-electron chi connectivity index (χ4n) is 4.00. The van der Waals surface area contributed by atoms with Gasteiger partial charge < -0.3 is 14.6 Å². The van der Waals surface area contributed by atoms with Crippen molar-refractivity contribution < 1.29 is 24.2 Å². The number of furan rings is 1. The molecule has 1 aromatic heterocycles. The first-order valence-electron chi connectivity index (χ1n) is 9.99. The average Bonchev–Trinajstić information content (AvgIpc) is 3.34. The Morgan fingerprint density at radius 1 is 1.00 bits per heavy atom. The number of ketones is 1. The highest BCUT2D eigenvalue weighted by Gasteiger charge is 2.45. The predicted molar refractivity (Wildman–Crippen MR) is 133 cm³/mol. The Labute approximate surface area is 211 Å². The fourth-order valence-corrected chi connectivity index (χ4v) is 4.75. The Kier molecular flexibility index (Phi) is 5.64. The lowest BCUT2D eigenvalue weighted by molar-refractivity contribution is -0.117. The van der Waals surface area contributed by atoms with E-state index in [0.29, 0.717) is 27.2 Å². The zero-order chi connectivity index (χ0) is 24.1. The first-order chi connectivity index (χ1) is 16.2. The molecule has 6 nitrogen and oxygen atoms in total. The number of hydrogen-bond acceptors (Lipinski definition) is 5. The van der Waals surface area contributed by atoms with E-state index >= 15 is 0 Å². The molecule has 1 aliphatic rings. The van der Waals surface area contributed by atoms with E-state index in [2.05, 4.69) is 15.9 Å². The van der Waals surface area contributed by atoms with Crippen LogP contribution in [0.15, 0.2) is 87.0 Å². The van der Waals surface area contributed by atoms with Gasteiger partial charge in [-0.05, 0) is 60.2 Å². The second-order valence-electron chi connectivity index (χ2n) is 7.65. The molecule has 34 heavy (non-hydrogen) atoms. The molecule has 2 heterocycles. The number of phenols is 1. The summed E-state index contributed by atoms with van der Waals surface area (Å²) in [5.41, 5.74) is 1.08. The van der Waals surface area contributed by atoms with Crippen LogP contribution in [0.4, 0.5) is 5.69 Å². The molecule has 9 heteroatoms. The van der Waals surface area contributed by atoms with E-state index in [-0.39, 0.29) is 22.1 Å². The Balaban J connectivity index is 1.68. The maximum Gasteiger partial charge on any atom is 0.294 e. The predicted octanol–water partition coefficient (Wildman–Crippen LogP) is 6.99. The molecule has 170 valence electrons. The lowest BCUT2D eigenvalue weighted by Crippen LogP contribution is -2.31. The number of aromatic hydroxyl groups is 1. The van der Waals surface area contributed by atoms with Gasteiger partial charge in [-0.2, -0.15) is 0 Å². The smallest absolute Gasteiger partial charge is 0.294 e. The zero-order valence-electron chi connectivity index (χ0n) is 17.1. The van der Waals surface area contributed by atoms with Gasteiger partial charge in [0.25, 0.3) is 5.91 Å². The van der Waals surface area contributed by atoms with Gasteiger partial charge >= 0.3 is 0 Å². The molecular weight excluding hydrogens is 545 g/mol. The number of rotatable bonds is 4. The number of Topliss-reactive ketones (excluding diaryl/α,β-unsaturated/α-hetero) is 1. The van der Waals surface area contributed by atoms with Crippen molar-refractivity contribution in [1.29, 1.82) is 0 Å². The number of benzene rings is 3. The lowest BCUT2D eigenvalue weighted by atomic mass is 9.94. The summed E-state index contributed by atoms with van der Waals surface area (Å²) in [4.78, 5) is 28.1. The van der Waals surface area contributed by atoms with Crippen LogP contribution in [0.1, 0.15) is 22.2 Å². The number of fused-ring (bicyclic) bond motifs is 1. The van der Waals surface area contributed by atoms with Crippen LogP contribution in [-0.4, -0.2) is 21.9 Å². The minimum Gasteiger partial charge on any atom is -0.506 e. The number of hydrogen-bond donors (Lipinski definition) is 2. The van der Waals surface area contributed by atoms with Gasteiger partial charge in [0.05, 0.1) is 16.6 Å². The van der Waals surface area contributed by atoms with Crippen molar-refractivity contribution in [3.63, 3.8) is 0 Å². The Morgan fingerprint density at radius 2 is 1.79 bits per heavy atom. The molecular formula is C25H14BrCl2NO5. The Hall–Kier alpha value is -3.26. The summed E-state index contributed by atoms with van der Waals surface area (Å²) in [5, 5.41) is 21.8. The molecule has 0 saturated carbocycles. The molecule has 5 rings (SSSR count). The van der Waals surface area contributed by atoms with Gasteiger partial charge in [0.15, 0.2) is 11.5 Å². The van der Waals surface area contributed by atoms with Crippen LogP contribution in [0.3, 0.4) is 0 Å². The van der Waals surface area contributed by atoms with Gasteiger partial charge in [0.2, 0.25) is 5.78 Å². The molecule has 1 unspecified atom stereocenters. The molecule has 1 amide bonds. The second kappa shape index (κ2) is 8.51. The molecule has 0 fully saturated rings. The van der Waals surface area contributed by atoms with Crippen LogP contribution in [0.25, 0.3) is 11.0 Å². The highest BCUT2D eigenvalue weighted by Crippen LogP contribution is 2.44. The SMILES string of the molecule is O=C(C1=C(O)C(=O)N(c2cccc(Cl)c2)C1c1ccc(O)c(Cl)c1)c1cc2cc(Br)ccc2o1. The lowest BCUT2D eigenvalue weighted by Gasteiger charge is -2.27. The average molecular weight is 559 g/mol. The summed E-state index contributed by atoms with van der Waals surface area (Å²) in [6.07, 6.45) is 0. The van der Waals surface area contributed by atoms with E-state index in [1.807, 2.05) is 0 Å². The van der Waals surface area contributed by atoms with Crippen molar-refractivity contribution in [2.24, 2.45) is 0 Å². The van der Waals surface area contributed by atoms with Gasteiger partial charge in [-0.25, -0.2) is 0 Å². The molecule has 3 aromatic carbocycles. The first-order valence-corrected chi connectivity index (χ1v) is 11.5. The Morgan fingerprint density at radius 3 is 2.53 bits per heavy atom. The third-order valence-electron chi connectivity index (χ3n) is 5.53. The summed E-state index contributed by atoms with van der Waals surface area (Å²) < 4.78 is 6.54. The third-order valence-corrected chi connectivity index (χ3v) is 6.56. The topological polar surface area (TPSA) is 91.0 Å². The van der Waals surface area contributed by atoms with Crippen LogP contribution >= 0.6 is 39.1 Å². The molecule has 0 radical (unpaired) electrons. The van der Waals surface area contributed by atoms with Crippen LogP contribution in [0, 0.1) is 0 Å². The van der Waals surface area contributed by atoms with Gasteiger partial charge in [0.1, 0.15) is 11.3 Å². The van der Waals surface area contributed by atoms with Gasteiger partial charge in [0, 0.05) is 20.6 Å². The van der Waals surface area contributed by atoms with E-state index in [9.17, 15) is 19.8 Å². The van der Waals surface area contributed by atoms with Crippen molar-refractivity contribution >= 4 is 67.5 Å². The monoisotopic (exact) mass is 557 g/mol. The summed E-state index contributed by atoms with van der Waals surface area (Å²) in [7, 11) is 0. The second-order valence-corrected chi connectivity index (χ2v) is 9.41.